The van der Waals surface area contributed by atoms with Crippen LogP contribution in [0.5, 0.6) is 0 Å². The summed E-state index contributed by atoms with van der Waals surface area (Å²) in [5.74, 6) is 0.939. The molecule has 1 aliphatic rings. The van der Waals surface area contributed by atoms with Crippen LogP contribution in [0.2, 0.25) is 0 Å². The third-order valence-corrected chi connectivity index (χ3v) is 6.31. The Morgan fingerprint density at radius 1 is 1.19 bits per heavy atom. The van der Waals surface area contributed by atoms with Gasteiger partial charge in [0.2, 0.25) is 0 Å². The SMILES string of the molecule is CSc1ccccc1C(=O)N1CCN(Cc2nc(-c3ccco3)cs2)CC1. The zero-order valence-electron chi connectivity index (χ0n) is 15.1. The number of carbonyl (C=O) groups excluding carboxylic acids is 1. The molecule has 0 atom stereocenters. The highest BCUT2D eigenvalue weighted by atomic mass is 32.2. The maximum Gasteiger partial charge on any atom is 0.255 e. The maximum atomic E-state index is 12.9. The van der Waals surface area contributed by atoms with Gasteiger partial charge in [0.05, 0.1) is 18.4 Å². The number of nitrogens with zero attached hydrogens (tertiary/aromatic N) is 3. The molecule has 1 amide bonds. The lowest BCUT2D eigenvalue weighted by Crippen LogP contribution is -2.48. The second kappa shape index (κ2) is 8.29. The van der Waals surface area contributed by atoms with Gasteiger partial charge in [-0.15, -0.1) is 23.1 Å². The zero-order chi connectivity index (χ0) is 18.6. The second-order valence-electron chi connectivity index (χ2n) is 6.37. The average Bonchev–Trinajstić information content (AvgIpc) is 3.40. The maximum absolute atomic E-state index is 12.9. The van der Waals surface area contributed by atoms with Crippen LogP contribution in [0.4, 0.5) is 0 Å². The van der Waals surface area contributed by atoms with Crippen molar-refractivity contribution in [3.63, 3.8) is 0 Å². The Morgan fingerprint density at radius 2 is 2.00 bits per heavy atom. The van der Waals surface area contributed by atoms with Crippen molar-refractivity contribution in [2.45, 2.75) is 11.4 Å². The van der Waals surface area contributed by atoms with Crippen molar-refractivity contribution < 1.29 is 9.21 Å². The molecule has 4 rings (SSSR count). The first-order valence-corrected chi connectivity index (χ1v) is 11.0. The minimum absolute atomic E-state index is 0.133. The highest BCUT2D eigenvalue weighted by molar-refractivity contribution is 7.98. The van der Waals surface area contributed by atoms with E-state index in [2.05, 4.69) is 9.88 Å². The predicted octanol–water partition coefficient (Wildman–Crippen LogP) is 4.08. The largest absolute Gasteiger partial charge is 0.463 e. The van der Waals surface area contributed by atoms with Gasteiger partial charge in [-0.05, 0) is 30.5 Å². The number of amides is 1. The lowest BCUT2D eigenvalue weighted by molar-refractivity contribution is 0.0625. The third kappa shape index (κ3) is 4.10. The number of hydrogen-bond donors (Lipinski definition) is 0. The van der Waals surface area contributed by atoms with Gasteiger partial charge in [-0.1, -0.05) is 12.1 Å². The number of thioether (sulfide) groups is 1. The van der Waals surface area contributed by atoms with Gasteiger partial charge in [0, 0.05) is 36.5 Å². The molecule has 0 bridgehead atoms. The standard InChI is InChI=1S/C20H21N3O2S2/c1-26-18-7-3-2-5-15(18)20(24)23-10-8-22(9-11-23)13-19-21-16(14-27-19)17-6-4-12-25-17/h2-7,12,14H,8-11,13H2,1H3. The van der Waals surface area contributed by atoms with Crippen molar-refractivity contribution in [2.75, 3.05) is 32.4 Å². The normalized spacial score (nSPS) is 15.2. The van der Waals surface area contributed by atoms with E-state index >= 15 is 0 Å². The van der Waals surface area contributed by atoms with Crippen molar-refractivity contribution in [2.24, 2.45) is 0 Å². The number of rotatable bonds is 5. The molecule has 5 nitrogen and oxygen atoms in total. The second-order valence-corrected chi connectivity index (χ2v) is 8.16. The van der Waals surface area contributed by atoms with Crippen molar-refractivity contribution in [1.82, 2.24) is 14.8 Å². The van der Waals surface area contributed by atoms with E-state index in [1.165, 1.54) is 0 Å². The molecule has 3 aromatic rings. The van der Waals surface area contributed by atoms with Crippen molar-refractivity contribution in [3.05, 3.63) is 58.6 Å². The fraction of sp³-hybridized carbons (Fsp3) is 0.300. The van der Waals surface area contributed by atoms with E-state index in [0.717, 1.165) is 59.6 Å². The molecule has 1 aliphatic heterocycles. The molecule has 27 heavy (non-hydrogen) atoms. The third-order valence-electron chi connectivity index (χ3n) is 4.68. The highest BCUT2D eigenvalue weighted by Gasteiger charge is 2.24. The molecule has 0 aliphatic carbocycles. The Kier molecular flexibility index (Phi) is 5.61. The van der Waals surface area contributed by atoms with Gasteiger partial charge < -0.3 is 9.32 Å². The Balaban J connectivity index is 1.34. The van der Waals surface area contributed by atoms with E-state index in [-0.39, 0.29) is 5.91 Å². The molecule has 0 unspecified atom stereocenters. The fourth-order valence-electron chi connectivity index (χ4n) is 3.21. The lowest BCUT2D eigenvalue weighted by atomic mass is 10.2. The highest BCUT2D eigenvalue weighted by Crippen LogP contribution is 2.24. The average molecular weight is 400 g/mol. The van der Waals surface area contributed by atoms with Gasteiger partial charge in [-0.3, -0.25) is 9.69 Å². The smallest absolute Gasteiger partial charge is 0.255 e. The van der Waals surface area contributed by atoms with Crippen molar-refractivity contribution in [1.29, 1.82) is 0 Å². The van der Waals surface area contributed by atoms with Crippen molar-refractivity contribution in [3.8, 4) is 11.5 Å². The molecule has 0 spiro atoms. The number of piperazine rings is 1. The van der Waals surface area contributed by atoms with Crippen LogP contribution in [0, 0.1) is 0 Å². The quantitative estimate of drug-likeness (QED) is 0.605. The number of thiazole rings is 1. The van der Waals surface area contributed by atoms with Crippen LogP contribution in [0.15, 0.2) is 57.4 Å². The molecule has 0 saturated carbocycles. The summed E-state index contributed by atoms with van der Waals surface area (Å²) in [7, 11) is 0. The van der Waals surface area contributed by atoms with Gasteiger partial charge in [-0.2, -0.15) is 0 Å². The number of hydrogen-bond acceptors (Lipinski definition) is 6. The molecule has 3 heterocycles. The number of benzene rings is 1. The summed E-state index contributed by atoms with van der Waals surface area (Å²) < 4.78 is 5.41. The summed E-state index contributed by atoms with van der Waals surface area (Å²) in [5.41, 5.74) is 1.70. The van der Waals surface area contributed by atoms with E-state index in [1.54, 1.807) is 29.4 Å². The van der Waals surface area contributed by atoms with Crippen LogP contribution in [-0.4, -0.2) is 53.1 Å². The fourth-order valence-corrected chi connectivity index (χ4v) is 4.63. The Labute approximate surface area is 167 Å². The van der Waals surface area contributed by atoms with Gasteiger partial charge in [0.1, 0.15) is 10.7 Å². The summed E-state index contributed by atoms with van der Waals surface area (Å²) in [5, 5.41) is 3.11. The number of aromatic nitrogens is 1. The Morgan fingerprint density at radius 3 is 2.74 bits per heavy atom. The van der Waals surface area contributed by atoms with Crippen LogP contribution >= 0.6 is 23.1 Å². The predicted molar refractivity (Wildman–Crippen MR) is 109 cm³/mol. The first kappa shape index (κ1) is 18.3. The molecule has 0 radical (unpaired) electrons. The van der Waals surface area contributed by atoms with Gasteiger partial charge in [-0.25, -0.2) is 4.98 Å². The molecule has 1 fully saturated rings. The van der Waals surface area contributed by atoms with Crippen LogP contribution in [-0.2, 0) is 6.54 Å². The first-order valence-electron chi connectivity index (χ1n) is 8.87. The van der Waals surface area contributed by atoms with Crippen LogP contribution in [0.1, 0.15) is 15.4 Å². The van der Waals surface area contributed by atoms with E-state index in [1.807, 2.05) is 52.9 Å². The summed E-state index contributed by atoms with van der Waals surface area (Å²) >= 11 is 3.27. The van der Waals surface area contributed by atoms with Crippen LogP contribution < -0.4 is 0 Å². The molecule has 1 saturated heterocycles. The van der Waals surface area contributed by atoms with E-state index < -0.39 is 0 Å². The Bertz CT molecular complexity index is 900. The topological polar surface area (TPSA) is 49.6 Å². The molecular formula is C20H21N3O2S2. The molecular weight excluding hydrogens is 378 g/mol. The molecule has 0 N–H and O–H groups in total. The molecule has 2 aromatic heterocycles. The summed E-state index contributed by atoms with van der Waals surface area (Å²) in [6.07, 6.45) is 3.68. The van der Waals surface area contributed by atoms with Crippen LogP contribution in [0.25, 0.3) is 11.5 Å². The zero-order valence-corrected chi connectivity index (χ0v) is 16.8. The van der Waals surface area contributed by atoms with E-state index in [0.29, 0.717) is 0 Å². The first-order chi connectivity index (χ1) is 13.2. The van der Waals surface area contributed by atoms with Crippen LogP contribution in [0.3, 0.4) is 0 Å². The minimum Gasteiger partial charge on any atom is -0.463 e. The Hall–Kier alpha value is -2.09. The monoisotopic (exact) mass is 399 g/mol. The summed E-state index contributed by atoms with van der Waals surface area (Å²) in [6.45, 7) is 4.04. The van der Waals surface area contributed by atoms with E-state index in [9.17, 15) is 4.79 Å². The van der Waals surface area contributed by atoms with Gasteiger partial charge in [0.25, 0.3) is 5.91 Å². The van der Waals surface area contributed by atoms with Crippen molar-refractivity contribution >= 4 is 29.0 Å². The molecule has 7 heteroatoms. The summed E-state index contributed by atoms with van der Waals surface area (Å²) in [6, 6.07) is 11.6. The van der Waals surface area contributed by atoms with Gasteiger partial charge >= 0.3 is 0 Å². The van der Waals surface area contributed by atoms with E-state index in [4.69, 9.17) is 4.42 Å². The molecule has 140 valence electrons. The summed E-state index contributed by atoms with van der Waals surface area (Å²) in [4.78, 5) is 22.9. The molecule has 1 aromatic carbocycles. The minimum atomic E-state index is 0.133. The van der Waals surface area contributed by atoms with Gasteiger partial charge in [0.15, 0.2) is 5.76 Å². The lowest BCUT2D eigenvalue weighted by Gasteiger charge is -2.34. The number of furan rings is 1. The number of carbonyl (C=O) groups is 1.